The number of hydrogen-bond donors (Lipinski definition) is 2. The highest BCUT2D eigenvalue weighted by Gasteiger charge is 2.19. The van der Waals surface area contributed by atoms with Crippen molar-refractivity contribution in [3.63, 3.8) is 0 Å². The van der Waals surface area contributed by atoms with Gasteiger partial charge in [0.1, 0.15) is 0 Å². The predicted molar refractivity (Wildman–Crippen MR) is 70.8 cm³/mol. The molecule has 1 rings (SSSR count). The molecular formula is C13H19ClN2O. The van der Waals surface area contributed by atoms with E-state index in [-0.39, 0.29) is 11.3 Å². The Morgan fingerprint density at radius 2 is 1.94 bits per heavy atom. The van der Waals surface area contributed by atoms with Crippen LogP contribution in [0.25, 0.3) is 0 Å². The van der Waals surface area contributed by atoms with E-state index in [0.717, 1.165) is 5.56 Å². The van der Waals surface area contributed by atoms with Crippen molar-refractivity contribution in [3.8, 4) is 0 Å². The van der Waals surface area contributed by atoms with Crippen molar-refractivity contribution in [1.29, 1.82) is 0 Å². The molecule has 3 N–H and O–H groups in total. The van der Waals surface area contributed by atoms with Crippen molar-refractivity contribution in [2.24, 2.45) is 11.1 Å². The number of carbonyl (C=O) groups excluding carboxylic acids is 1. The van der Waals surface area contributed by atoms with Gasteiger partial charge >= 0.3 is 0 Å². The highest BCUT2D eigenvalue weighted by molar-refractivity contribution is 6.30. The average molecular weight is 255 g/mol. The van der Waals surface area contributed by atoms with Crippen LogP contribution in [0.5, 0.6) is 0 Å². The molecule has 1 aromatic carbocycles. The molecule has 1 amide bonds. The first-order valence-electron chi connectivity index (χ1n) is 5.64. The zero-order chi connectivity index (χ0) is 12.9. The lowest BCUT2D eigenvalue weighted by atomic mass is 9.89. The number of benzene rings is 1. The summed E-state index contributed by atoms with van der Waals surface area (Å²) in [5.41, 5.74) is 6.47. The number of carbonyl (C=O) groups is 1. The molecule has 0 aliphatic carbocycles. The van der Waals surface area contributed by atoms with Crippen LogP contribution in [0.15, 0.2) is 24.3 Å². The van der Waals surface area contributed by atoms with E-state index >= 15 is 0 Å². The summed E-state index contributed by atoms with van der Waals surface area (Å²) in [5.74, 6) is 0.0235. The van der Waals surface area contributed by atoms with Crippen LogP contribution in [0.2, 0.25) is 5.02 Å². The smallest absolute Gasteiger partial charge is 0.220 e. The van der Waals surface area contributed by atoms with Crippen molar-refractivity contribution in [2.75, 3.05) is 6.54 Å². The van der Waals surface area contributed by atoms with Gasteiger partial charge in [-0.15, -0.1) is 0 Å². The topological polar surface area (TPSA) is 55.1 Å². The molecule has 3 nitrogen and oxygen atoms in total. The van der Waals surface area contributed by atoms with Crippen LogP contribution in [-0.2, 0) is 11.3 Å². The van der Waals surface area contributed by atoms with Gasteiger partial charge in [-0.25, -0.2) is 0 Å². The number of hydrogen-bond acceptors (Lipinski definition) is 2. The molecule has 0 unspecified atom stereocenters. The molecule has 17 heavy (non-hydrogen) atoms. The second-order valence-electron chi connectivity index (χ2n) is 4.95. The largest absolute Gasteiger partial charge is 0.352 e. The van der Waals surface area contributed by atoms with E-state index in [9.17, 15) is 4.79 Å². The third kappa shape index (κ3) is 5.20. The van der Waals surface area contributed by atoms with Crippen molar-refractivity contribution in [2.45, 2.75) is 26.8 Å². The summed E-state index contributed by atoms with van der Waals surface area (Å²) in [5, 5.41) is 3.57. The highest BCUT2D eigenvalue weighted by Crippen LogP contribution is 2.17. The molecule has 0 saturated carbocycles. The molecule has 0 spiro atoms. The standard InChI is InChI=1S/C13H19ClN2O/c1-13(2,9-15)7-12(17)16-8-10-3-5-11(14)6-4-10/h3-6H,7-9,15H2,1-2H3,(H,16,17). The fourth-order valence-electron chi connectivity index (χ4n) is 1.37. The maximum absolute atomic E-state index is 11.7. The van der Waals surface area contributed by atoms with Crippen LogP contribution in [0.3, 0.4) is 0 Å². The summed E-state index contributed by atoms with van der Waals surface area (Å²) in [6.45, 7) is 4.99. The number of nitrogens with two attached hydrogens (primary N) is 1. The van der Waals surface area contributed by atoms with Crippen LogP contribution in [0.1, 0.15) is 25.8 Å². The summed E-state index contributed by atoms with van der Waals surface area (Å²) >= 11 is 5.78. The van der Waals surface area contributed by atoms with Gasteiger partial charge in [0.2, 0.25) is 5.91 Å². The molecule has 0 aliphatic heterocycles. The van der Waals surface area contributed by atoms with Gasteiger partial charge in [0.05, 0.1) is 0 Å². The Morgan fingerprint density at radius 3 is 2.47 bits per heavy atom. The number of nitrogens with one attached hydrogen (secondary N) is 1. The lowest BCUT2D eigenvalue weighted by Gasteiger charge is -2.21. The van der Waals surface area contributed by atoms with Gasteiger partial charge < -0.3 is 11.1 Å². The van der Waals surface area contributed by atoms with E-state index in [0.29, 0.717) is 24.5 Å². The first-order chi connectivity index (χ1) is 7.93. The maximum Gasteiger partial charge on any atom is 0.220 e. The summed E-state index contributed by atoms with van der Waals surface area (Å²) in [7, 11) is 0. The molecule has 0 saturated heterocycles. The fraction of sp³-hybridized carbons (Fsp3) is 0.462. The van der Waals surface area contributed by atoms with Crippen LogP contribution in [0, 0.1) is 5.41 Å². The Kier molecular flexibility index (Phi) is 4.97. The van der Waals surface area contributed by atoms with Gasteiger partial charge in [0, 0.05) is 18.0 Å². The first kappa shape index (κ1) is 14.0. The summed E-state index contributed by atoms with van der Waals surface area (Å²) < 4.78 is 0. The Morgan fingerprint density at radius 1 is 1.35 bits per heavy atom. The molecule has 0 heterocycles. The van der Waals surface area contributed by atoms with E-state index in [1.54, 1.807) is 0 Å². The first-order valence-corrected chi connectivity index (χ1v) is 6.02. The van der Waals surface area contributed by atoms with E-state index in [1.165, 1.54) is 0 Å². The molecule has 4 heteroatoms. The number of halogens is 1. The summed E-state index contributed by atoms with van der Waals surface area (Å²) in [4.78, 5) is 11.7. The van der Waals surface area contributed by atoms with Crippen LogP contribution < -0.4 is 11.1 Å². The van der Waals surface area contributed by atoms with Gasteiger partial charge in [-0.2, -0.15) is 0 Å². The Bertz CT molecular complexity index is 374. The quantitative estimate of drug-likeness (QED) is 0.847. The minimum Gasteiger partial charge on any atom is -0.352 e. The molecule has 0 atom stereocenters. The summed E-state index contributed by atoms with van der Waals surface area (Å²) in [6.07, 6.45) is 0.442. The van der Waals surface area contributed by atoms with Crippen molar-refractivity contribution >= 4 is 17.5 Å². The molecule has 94 valence electrons. The lowest BCUT2D eigenvalue weighted by molar-refractivity contribution is -0.123. The van der Waals surface area contributed by atoms with E-state index in [2.05, 4.69) is 5.32 Å². The SMILES string of the molecule is CC(C)(CN)CC(=O)NCc1ccc(Cl)cc1. The molecule has 0 bridgehead atoms. The van der Waals surface area contributed by atoms with Crippen molar-refractivity contribution < 1.29 is 4.79 Å². The second kappa shape index (κ2) is 6.03. The molecule has 0 aliphatic rings. The normalized spacial score (nSPS) is 11.3. The Labute approximate surface area is 107 Å². The molecule has 0 radical (unpaired) electrons. The minimum atomic E-state index is -0.149. The van der Waals surface area contributed by atoms with E-state index in [4.69, 9.17) is 17.3 Å². The fourth-order valence-corrected chi connectivity index (χ4v) is 1.50. The molecule has 0 aromatic heterocycles. The zero-order valence-electron chi connectivity index (χ0n) is 10.3. The average Bonchev–Trinajstić information content (AvgIpc) is 2.28. The van der Waals surface area contributed by atoms with E-state index in [1.807, 2.05) is 38.1 Å². The van der Waals surface area contributed by atoms with Gasteiger partial charge in [0.15, 0.2) is 0 Å². The second-order valence-corrected chi connectivity index (χ2v) is 5.38. The van der Waals surface area contributed by atoms with Crippen LogP contribution in [-0.4, -0.2) is 12.5 Å². The lowest BCUT2D eigenvalue weighted by Crippen LogP contribution is -2.32. The zero-order valence-corrected chi connectivity index (χ0v) is 11.1. The predicted octanol–water partition coefficient (Wildman–Crippen LogP) is 2.33. The van der Waals surface area contributed by atoms with Gasteiger partial charge in [-0.3, -0.25) is 4.79 Å². The monoisotopic (exact) mass is 254 g/mol. The molecule has 1 aromatic rings. The Hall–Kier alpha value is -1.06. The molecular weight excluding hydrogens is 236 g/mol. The van der Waals surface area contributed by atoms with Crippen LogP contribution >= 0.6 is 11.6 Å². The number of amides is 1. The Balaban J connectivity index is 2.41. The van der Waals surface area contributed by atoms with Gasteiger partial charge in [0.25, 0.3) is 0 Å². The van der Waals surface area contributed by atoms with Crippen LogP contribution in [0.4, 0.5) is 0 Å². The van der Waals surface area contributed by atoms with Crippen molar-refractivity contribution in [1.82, 2.24) is 5.32 Å². The molecule has 0 fully saturated rings. The number of rotatable bonds is 5. The van der Waals surface area contributed by atoms with Crippen molar-refractivity contribution in [3.05, 3.63) is 34.9 Å². The maximum atomic E-state index is 11.7. The highest BCUT2D eigenvalue weighted by atomic mass is 35.5. The van der Waals surface area contributed by atoms with Gasteiger partial charge in [-0.05, 0) is 29.7 Å². The summed E-state index contributed by atoms with van der Waals surface area (Å²) in [6, 6.07) is 7.42. The van der Waals surface area contributed by atoms with E-state index < -0.39 is 0 Å². The third-order valence-corrected chi connectivity index (χ3v) is 2.85. The minimum absolute atomic E-state index is 0.0235. The third-order valence-electron chi connectivity index (χ3n) is 2.59. The van der Waals surface area contributed by atoms with Gasteiger partial charge in [-0.1, -0.05) is 37.6 Å².